The molecule has 15 heteroatoms. The van der Waals surface area contributed by atoms with Crippen LogP contribution in [0.3, 0.4) is 0 Å². The lowest BCUT2D eigenvalue weighted by molar-refractivity contribution is -0.325. The second kappa shape index (κ2) is 34.4. The van der Waals surface area contributed by atoms with Crippen molar-refractivity contribution in [2.24, 2.45) is 0 Å². The number of pyridine rings is 2. The molecule has 11 nitrogen and oxygen atoms in total. The molecule has 0 aromatic carbocycles. The number of aromatic nitrogens is 2. The van der Waals surface area contributed by atoms with Crippen LogP contribution < -0.4 is 10.2 Å². The van der Waals surface area contributed by atoms with Crippen molar-refractivity contribution in [3.8, 4) is 0 Å². The summed E-state index contributed by atoms with van der Waals surface area (Å²) in [5.74, 6) is 0.140. The first-order valence-electron chi connectivity index (χ1n) is 10.1. The number of hydrogen-bond acceptors (Lipinski definition) is 14. The molecule has 0 saturated carbocycles. The highest BCUT2D eigenvalue weighted by molar-refractivity contribution is 8.77. The van der Waals surface area contributed by atoms with Crippen LogP contribution in [-0.4, -0.2) is 91.4 Å². The zero-order valence-corrected chi connectivity index (χ0v) is 24.1. The number of carboxylic acid groups (broad SMARTS) is 1. The number of esters is 1. The first-order valence-corrected chi connectivity index (χ1v) is 14.7. The molecule has 0 aliphatic heterocycles. The Labute approximate surface area is 233 Å². The van der Waals surface area contributed by atoms with E-state index in [0.717, 1.165) is 30.0 Å². The minimum atomic E-state index is -0.933. The molecule has 0 fully saturated rings. The smallest absolute Gasteiger partial charge is 0.329 e. The molecule has 0 bridgehead atoms. The molecule has 2 heterocycles. The van der Waals surface area contributed by atoms with Crippen molar-refractivity contribution in [2.45, 2.75) is 10.1 Å². The van der Waals surface area contributed by atoms with Crippen molar-refractivity contribution in [3.63, 3.8) is 0 Å². The summed E-state index contributed by atoms with van der Waals surface area (Å²) in [6.07, 6.45) is 3.51. The summed E-state index contributed by atoms with van der Waals surface area (Å²) >= 11 is 0. The topological polar surface area (TPSA) is 174 Å². The van der Waals surface area contributed by atoms with Crippen molar-refractivity contribution in [1.29, 1.82) is 0 Å². The summed E-state index contributed by atoms with van der Waals surface area (Å²) < 4.78 is 13.4. The third kappa shape index (κ3) is 32.4. The highest BCUT2D eigenvalue weighted by atomic mass is 33.1. The van der Waals surface area contributed by atoms with E-state index in [-0.39, 0.29) is 19.8 Å². The molecule has 0 amide bonds. The summed E-state index contributed by atoms with van der Waals surface area (Å²) in [4.78, 5) is 28.6. The fraction of sp³-hybridized carbons (Fsp3) is 0.409. The molecular formula is C22H33N2O9S4-3. The van der Waals surface area contributed by atoms with Crippen LogP contribution in [0, 0.1) is 7.11 Å². The van der Waals surface area contributed by atoms with E-state index in [4.69, 9.17) is 25.2 Å². The van der Waals surface area contributed by atoms with E-state index < -0.39 is 11.9 Å². The molecule has 2 aromatic rings. The number of hydrogen-bond donors (Lipinski definition) is 2. The highest BCUT2D eigenvalue weighted by Crippen LogP contribution is 2.28. The van der Waals surface area contributed by atoms with Gasteiger partial charge in [-0.3, -0.25) is 0 Å². The van der Waals surface area contributed by atoms with Gasteiger partial charge in [-0.05, 0) is 45.9 Å². The number of methoxy groups -OCH3 is 1. The van der Waals surface area contributed by atoms with Crippen LogP contribution in [0.15, 0.2) is 58.8 Å². The van der Waals surface area contributed by atoms with Crippen LogP contribution in [0.5, 0.6) is 0 Å². The fourth-order valence-electron chi connectivity index (χ4n) is 1.47. The molecule has 0 aliphatic carbocycles. The van der Waals surface area contributed by atoms with Crippen molar-refractivity contribution < 1.29 is 44.2 Å². The molecule has 0 aliphatic rings. The van der Waals surface area contributed by atoms with Gasteiger partial charge in [0.25, 0.3) is 0 Å². The van der Waals surface area contributed by atoms with Gasteiger partial charge in [-0.15, -0.1) is 0 Å². The number of rotatable bonds is 13. The standard InChI is InChI=1S/C10H12NO3S2.C7H9NOS2.C3H6O3.2CH3O/c1-13-8-10(12)14-6-7-15-16-9-4-2-3-5-11-9;9-5-6-10-11-7-3-1-2-4-8-7;1-6-2-3(4)5;2*1-2/h2-5H,1,6-8H2;1-4,9H,5-6H2;2H2,1H3,(H,4,5);2*1H3/q-1;;;2*-1. The zero-order valence-electron chi connectivity index (χ0n) is 20.8. The van der Waals surface area contributed by atoms with Crippen LogP contribution in [0.1, 0.15) is 0 Å². The Kier molecular flexibility index (Phi) is 37.2. The molecule has 0 atom stereocenters. The lowest BCUT2D eigenvalue weighted by Crippen LogP contribution is -2.12. The van der Waals surface area contributed by atoms with E-state index in [1.807, 2.05) is 36.4 Å². The van der Waals surface area contributed by atoms with Gasteiger partial charge in [-0.2, -0.15) is 14.2 Å². The first kappa shape index (κ1) is 39.9. The molecule has 0 unspecified atom stereocenters. The maximum atomic E-state index is 10.9. The number of ether oxygens (including phenoxy) is 3. The predicted octanol–water partition coefficient (Wildman–Crippen LogP) is 1.66. The minimum Gasteiger partial charge on any atom is -0.857 e. The van der Waals surface area contributed by atoms with Gasteiger partial charge in [0, 0.05) is 31.0 Å². The fourth-order valence-corrected chi connectivity index (χ4v) is 4.83. The van der Waals surface area contributed by atoms with E-state index in [1.165, 1.54) is 7.11 Å². The molecule has 0 radical (unpaired) electrons. The minimum absolute atomic E-state index is 0.0992. The lowest BCUT2D eigenvalue weighted by Gasteiger charge is -2.05. The average Bonchev–Trinajstić information content (AvgIpc) is 2.93. The molecule has 212 valence electrons. The predicted molar refractivity (Wildman–Crippen MR) is 146 cm³/mol. The number of aliphatic carboxylic acids is 1. The summed E-state index contributed by atoms with van der Waals surface area (Å²) in [6.45, 7) is 0.287. The summed E-state index contributed by atoms with van der Waals surface area (Å²) in [6, 6.07) is 11.5. The van der Waals surface area contributed by atoms with Crippen molar-refractivity contribution >= 4 is 55.1 Å². The number of aliphatic hydroxyl groups is 1. The Morgan fingerprint density at radius 2 is 1.43 bits per heavy atom. The Bertz CT molecular complexity index is 737. The van der Waals surface area contributed by atoms with Crippen LogP contribution in [0.2, 0.25) is 0 Å². The van der Waals surface area contributed by atoms with Gasteiger partial charge in [-0.1, -0.05) is 33.7 Å². The SMILES string of the molecule is COCC(=O)O.C[O-].C[O-].OCCSSc1ccccn1.[CH2-]OCC(=O)OCCSSc1ccccn1. The third-order valence-corrected chi connectivity index (χ3v) is 7.13. The second-order valence-corrected chi connectivity index (χ2v) is 10.1. The molecule has 2 aromatic heterocycles. The summed E-state index contributed by atoms with van der Waals surface area (Å²) in [5, 5.41) is 34.7. The number of aliphatic hydroxyl groups excluding tert-OH is 1. The average molecular weight is 598 g/mol. The Balaban J connectivity index is -0.000000477. The van der Waals surface area contributed by atoms with E-state index in [0.29, 0.717) is 12.4 Å². The molecule has 0 spiro atoms. The third-order valence-electron chi connectivity index (χ3n) is 2.66. The van der Waals surface area contributed by atoms with Gasteiger partial charge < -0.3 is 34.6 Å². The summed E-state index contributed by atoms with van der Waals surface area (Å²) in [5.41, 5.74) is 0. The quantitative estimate of drug-likeness (QED) is 0.147. The molecule has 2 N–H and O–H groups in total. The maximum absolute atomic E-state index is 10.9. The van der Waals surface area contributed by atoms with Gasteiger partial charge in [0.2, 0.25) is 0 Å². The number of carboxylic acids is 1. The molecule has 0 saturated heterocycles. The number of carbonyl (C=O) groups excluding carboxylic acids is 1. The van der Waals surface area contributed by atoms with E-state index in [2.05, 4.69) is 26.6 Å². The molecular weight excluding hydrogens is 565 g/mol. The van der Waals surface area contributed by atoms with Crippen molar-refractivity contribution in [1.82, 2.24) is 9.97 Å². The van der Waals surface area contributed by atoms with Gasteiger partial charge in [0.15, 0.2) is 0 Å². The Morgan fingerprint density at radius 3 is 1.78 bits per heavy atom. The summed E-state index contributed by atoms with van der Waals surface area (Å²) in [7, 11) is 12.3. The lowest BCUT2D eigenvalue weighted by atomic mass is 10.5. The normalized spacial score (nSPS) is 8.95. The Morgan fingerprint density at radius 1 is 0.919 bits per heavy atom. The van der Waals surface area contributed by atoms with Gasteiger partial charge in [0.05, 0.1) is 6.61 Å². The van der Waals surface area contributed by atoms with Crippen molar-refractivity contribution in [2.75, 3.05) is 59.3 Å². The van der Waals surface area contributed by atoms with Crippen LogP contribution in [-0.2, 0) is 23.8 Å². The highest BCUT2D eigenvalue weighted by Gasteiger charge is 2.00. The van der Waals surface area contributed by atoms with Gasteiger partial charge in [0.1, 0.15) is 29.9 Å². The molecule has 2 rings (SSSR count). The monoisotopic (exact) mass is 597 g/mol. The zero-order chi connectivity index (χ0) is 28.6. The van der Waals surface area contributed by atoms with Crippen LogP contribution >= 0.6 is 43.2 Å². The second-order valence-electron chi connectivity index (χ2n) is 5.27. The van der Waals surface area contributed by atoms with Gasteiger partial charge >= 0.3 is 11.9 Å². The molecule has 37 heavy (non-hydrogen) atoms. The van der Waals surface area contributed by atoms with E-state index >= 15 is 0 Å². The number of carbonyl (C=O) groups is 2. The first-order chi connectivity index (χ1) is 18.0. The maximum Gasteiger partial charge on any atom is 0.329 e. The Hall–Kier alpha value is -1.56. The number of nitrogens with zero attached hydrogens (tertiary/aromatic N) is 2. The van der Waals surface area contributed by atoms with Gasteiger partial charge in [-0.25, -0.2) is 26.7 Å². The van der Waals surface area contributed by atoms with E-state index in [9.17, 15) is 9.59 Å². The van der Waals surface area contributed by atoms with Crippen molar-refractivity contribution in [3.05, 3.63) is 55.9 Å². The largest absolute Gasteiger partial charge is 0.857 e. The van der Waals surface area contributed by atoms with Crippen LogP contribution in [0.25, 0.3) is 0 Å². The van der Waals surface area contributed by atoms with E-state index in [1.54, 1.807) is 55.6 Å². The van der Waals surface area contributed by atoms with Crippen LogP contribution in [0.4, 0.5) is 0 Å².